The monoisotopic (exact) mass is 356 g/mol. The summed E-state index contributed by atoms with van der Waals surface area (Å²) >= 11 is 0. The Kier molecular flexibility index (Phi) is 6.50. The zero-order chi connectivity index (χ0) is 19.3. The summed E-state index contributed by atoms with van der Waals surface area (Å²) in [6.45, 7) is 6.84. The number of aryl methyl sites for hydroxylation is 1. The van der Waals surface area contributed by atoms with Gasteiger partial charge < -0.3 is 9.80 Å². The molecular formula is C21H25FN2O2. The van der Waals surface area contributed by atoms with Crippen LogP contribution < -0.4 is 0 Å². The molecule has 0 heterocycles. The molecule has 0 saturated heterocycles. The summed E-state index contributed by atoms with van der Waals surface area (Å²) in [6, 6.07) is 12.3. The Morgan fingerprint density at radius 1 is 0.962 bits per heavy atom. The van der Waals surface area contributed by atoms with E-state index in [1.807, 2.05) is 45.0 Å². The Labute approximate surface area is 154 Å². The van der Waals surface area contributed by atoms with Crippen LogP contribution in [0.15, 0.2) is 42.5 Å². The van der Waals surface area contributed by atoms with E-state index in [0.717, 1.165) is 11.1 Å². The number of benzene rings is 2. The number of hydrogen-bond donors (Lipinski definition) is 0. The van der Waals surface area contributed by atoms with Gasteiger partial charge in [0.2, 0.25) is 5.91 Å². The van der Waals surface area contributed by atoms with E-state index in [1.165, 1.54) is 24.1 Å². The predicted octanol–water partition coefficient (Wildman–Crippen LogP) is 3.74. The molecule has 0 saturated carbocycles. The van der Waals surface area contributed by atoms with Gasteiger partial charge in [0.05, 0.1) is 12.1 Å². The first-order valence-electron chi connectivity index (χ1n) is 8.77. The smallest absolute Gasteiger partial charge is 0.257 e. The maximum atomic E-state index is 14.5. The molecule has 2 aromatic rings. The lowest BCUT2D eigenvalue weighted by Gasteiger charge is -2.23. The molecule has 0 bridgehead atoms. The standard InChI is InChI=1S/C21H25FN2O2/c1-5-24(6-2)20(25)14-23(4)21(26)18-12-11-17(13-19(18)22)16-9-7-15(3)8-10-16/h7-13H,5-6,14H2,1-4H3. The fraction of sp³-hybridized carbons (Fsp3) is 0.333. The van der Waals surface area contributed by atoms with Crippen molar-refractivity contribution < 1.29 is 14.0 Å². The lowest BCUT2D eigenvalue weighted by atomic mass is 10.0. The van der Waals surface area contributed by atoms with Crippen LogP contribution in [0.2, 0.25) is 0 Å². The lowest BCUT2D eigenvalue weighted by Crippen LogP contribution is -2.41. The van der Waals surface area contributed by atoms with Crippen molar-refractivity contribution in [2.75, 3.05) is 26.7 Å². The Bertz CT molecular complexity index is 783. The molecule has 0 N–H and O–H groups in total. The van der Waals surface area contributed by atoms with Crippen molar-refractivity contribution in [3.63, 3.8) is 0 Å². The van der Waals surface area contributed by atoms with E-state index in [2.05, 4.69) is 0 Å². The molecular weight excluding hydrogens is 331 g/mol. The molecule has 0 fully saturated rings. The Hall–Kier alpha value is -2.69. The molecule has 0 aliphatic carbocycles. The molecule has 138 valence electrons. The van der Waals surface area contributed by atoms with Crippen molar-refractivity contribution >= 4 is 11.8 Å². The first-order chi connectivity index (χ1) is 12.4. The largest absolute Gasteiger partial charge is 0.342 e. The van der Waals surface area contributed by atoms with Crippen molar-refractivity contribution in [3.8, 4) is 11.1 Å². The highest BCUT2D eigenvalue weighted by atomic mass is 19.1. The molecule has 4 nitrogen and oxygen atoms in total. The van der Waals surface area contributed by atoms with Gasteiger partial charge in [0.25, 0.3) is 5.91 Å². The van der Waals surface area contributed by atoms with E-state index in [0.29, 0.717) is 18.7 Å². The Morgan fingerprint density at radius 3 is 2.08 bits per heavy atom. The predicted molar refractivity (Wildman–Crippen MR) is 101 cm³/mol. The average molecular weight is 356 g/mol. The Morgan fingerprint density at radius 2 is 1.54 bits per heavy atom. The highest BCUT2D eigenvalue weighted by molar-refractivity contribution is 5.97. The van der Waals surface area contributed by atoms with Gasteiger partial charge in [0.1, 0.15) is 5.82 Å². The second-order valence-corrected chi connectivity index (χ2v) is 6.29. The summed E-state index contributed by atoms with van der Waals surface area (Å²) in [7, 11) is 1.51. The number of carbonyl (C=O) groups excluding carboxylic acids is 2. The first-order valence-corrected chi connectivity index (χ1v) is 8.77. The molecule has 0 aromatic heterocycles. The van der Waals surface area contributed by atoms with Gasteiger partial charge >= 0.3 is 0 Å². The molecule has 0 aliphatic rings. The van der Waals surface area contributed by atoms with Crippen LogP contribution in [0.3, 0.4) is 0 Å². The van der Waals surface area contributed by atoms with Crippen molar-refractivity contribution in [1.29, 1.82) is 0 Å². The first kappa shape index (κ1) is 19.6. The van der Waals surface area contributed by atoms with Crippen LogP contribution in [0.25, 0.3) is 11.1 Å². The minimum atomic E-state index is -0.588. The maximum Gasteiger partial charge on any atom is 0.257 e. The molecule has 2 aromatic carbocycles. The third kappa shape index (κ3) is 4.48. The van der Waals surface area contributed by atoms with Crippen molar-refractivity contribution in [2.24, 2.45) is 0 Å². The topological polar surface area (TPSA) is 40.6 Å². The number of carbonyl (C=O) groups is 2. The van der Waals surface area contributed by atoms with E-state index in [9.17, 15) is 14.0 Å². The number of amides is 2. The van der Waals surface area contributed by atoms with E-state index in [1.54, 1.807) is 11.0 Å². The van der Waals surface area contributed by atoms with Gasteiger partial charge in [-0.05, 0) is 44.0 Å². The van der Waals surface area contributed by atoms with Gasteiger partial charge in [-0.2, -0.15) is 0 Å². The van der Waals surface area contributed by atoms with Gasteiger partial charge in [0, 0.05) is 20.1 Å². The van der Waals surface area contributed by atoms with Crippen LogP contribution in [-0.4, -0.2) is 48.3 Å². The minimum Gasteiger partial charge on any atom is -0.342 e. The van der Waals surface area contributed by atoms with Crippen LogP contribution in [0.4, 0.5) is 4.39 Å². The third-order valence-corrected chi connectivity index (χ3v) is 4.42. The molecule has 26 heavy (non-hydrogen) atoms. The zero-order valence-corrected chi connectivity index (χ0v) is 15.8. The van der Waals surface area contributed by atoms with Crippen LogP contribution in [0, 0.1) is 12.7 Å². The van der Waals surface area contributed by atoms with E-state index in [4.69, 9.17) is 0 Å². The van der Waals surface area contributed by atoms with Crippen molar-refractivity contribution in [1.82, 2.24) is 9.80 Å². The van der Waals surface area contributed by atoms with E-state index in [-0.39, 0.29) is 18.0 Å². The third-order valence-electron chi connectivity index (χ3n) is 4.42. The minimum absolute atomic E-state index is 0.0318. The molecule has 0 spiro atoms. The number of likely N-dealkylation sites (N-methyl/N-ethyl adjacent to an activating group) is 2. The molecule has 0 aliphatic heterocycles. The summed E-state index contributed by atoms with van der Waals surface area (Å²) in [5, 5.41) is 0. The molecule has 5 heteroatoms. The molecule has 0 radical (unpaired) electrons. The van der Waals surface area contributed by atoms with Gasteiger partial charge in [-0.1, -0.05) is 35.9 Å². The fourth-order valence-electron chi connectivity index (χ4n) is 2.77. The molecule has 2 amide bonds. The summed E-state index contributed by atoms with van der Waals surface area (Å²) in [4.78, 5) is 27.5. The quantitative estimate of drug-likeness (QED) is 0.791. The number of rotatable bonds is 6. The SMILES string of the molecule is CCN(CC)C(=O)CN(C)C(=O)c1ccc(-c2ccc(C)cc2)cc1F. The number of nitrogens with zero attached hydrogens (tertiary/aromatic N) is 2. The lowest BCUT2D eigenvalue weighted by molar-refractivity contribution is -0.131. The highest BCUT2D eigenvalue weighted by Crippen LogP contribution is 2.23. The fourth-order valence-corrected chi connectivity index (χ4v) is 2.77. The van der Waals surface area contributed by atoms with E-state index < -0.39 is 11.7 Å². The van der Waals surface area contributed by atoms with Crippen LogP contribution >= 0.6 is 0 Å². The van der Waals surface area contributed by atoms with Gasteiger partial charge in [-0.3, -0.25) is 9.59 Å². The molecule has 0 atom stereocenters. The van der Waals surface area contributed by atoms with Gasteiger partial charge in [-0.15, -0.1) is 0 Å². The summed E-state index contributed by atoms with van der Waals surface area (Å²) in [5.41, 5.74) is 2.69. The van der Waals surface area contributed by atoms with Crippen LogP contribution in [0.1, 0.15) is 29.8 Å². The number of halogens is 1. The second kappa shape index (κ2) is 8.61. The summed E-state index contributed by atoms with van der Waals surface area (Å²) < 4.78 is 14.5. The van der Waals surface area contributed by atoms with Crippen molar-refractivity contribution in [2.45, 2.75) is 20.8 Å². The molecule has 2 rings (SSSR count). The molecule has 0 unspecified atom stereocenters. The number of hydrogen-bond acceptors (Lipinski definition) is 2. The maximum absolute atomic E-state index is 14.5. The zero-order valence-electron chi connectivity index (χ0n) is 15.8. The summed E-state index contributed by atoms with van der Waals surface area (Å²) in [6.07, 6.45) is 0. The van der Waals surface area contributed by atoms with Gasteiger partial charge in [-0.25, -0.2) is 4.39 Å². The van der Waals surface area contributed by atoms with Gasteiger partial charge in [0.15, 0.2) is 0 Å². The van der Waals surface area contributed by atoms with Crippen LogP contribution in [-0.2, 0) is 4.79 Å². The highest BCUT2D eigenvalue weighted by Gasteiger charge is 2.20. The van der Waals surface area contributed by atoms with E-state index >= 15 is 0 Å². The normalized spacial score (nSPS) is 10.5. The summed E-state index contributed by atoms with van der Waals surface area (Å²) in [5.74, 6) is -1.24. The average Bonchev–Trinajstić information content (AvgIpc) is 2.62. The Balaban J connectivity index is 2.16. The second-order valence-electron chi connectivity index (χ2n) is 6.29. The van der Waals surface area contributed by atoms with Crippen molar-refractivity contribution in [3.05, 3.63) is 59.4 Å². The van der Waals surface area contributed by atoms with Crippen LogP contribution in [0.5, 0.6) is 0 Å².